The fraction of sp³-hybridized carbons (Fsp3) is 0.143. The van der Waals surface area contributed by atoms with E-state index in [0.29, 0.717) is 11.2 Å². The van der Waals surface area contributed by atoms with Crippen molar-refractivity contribution in [1.82, 2.24) is 19.7 Å². The van der Waals surface area contributed by atoms with Crippen molar-refractivity contribution in [2.45, 2.75) is 6.92 Å². The van der Waals surface area contributed by atoms with Gasteiger partial charge < -0.3 is 10.6 Å². The number of fused-ring (bicyclic) bond motifs is 1. The molecule has 15 heavy (non-hydrogen) atoms. The number of carbonyl (C=O) groups excluding carboxylic acids is 1. The Labute approximate surface area is 107 Å². The van der Waals surface area contributed by atoms with E-state index in [1.807, 2.05) is 0 Å². The first-order chi connectivity index (χ1) is 6.68. The van der Waals surface area contributed by atoms with Crippen molar-refractivity contribution in [3.05, 3.63) is 12.7 Å². The number of hydrogen-bond donors (Lipinski definition) is 1. The second-order valence-corrected chi connectivity index (χ2v) is 2.58. The van der Waals surface area contributed by atoms with E-state index in [0.717, 1.165) is 4.73 Å². The Morgan fingerprint density at radius 2 is 2.20 bits per heavy atom. The molecule has 7 nitrogen and oxygen atoms in total. The van der Waals surface area contributed by atoms with E-state index < -0.39 is 5.97 Å². The van der Waals surface area contributed by atoms with E-state index in [4.69, 9.17) is 10.6 Å². The molecule has 0 aromatic carbocycles. The van der Waals surface area contributed by atoms with Crippen LogP contribution in [-0.4, -0.2) is 55.2 Å². The van der Waals surface area contributed by atoms with E-state index in [2.05, 4.69) is 15.0 Å². The van der Waals surface area contributed by atoms with Crippen molar-refractivity contribution in [2.75, 3.05) is 5.73 Å². The Hall–Kier alpha value is -1.18. The summed E-state index contributed by atoms with van der Waals surface area (Å²) < 4.78 is 1.15. The summed E-state index contributed by atoms with van der Waals surface area (Å²) in [5.41, 5.74) is 6.31. The Kier molecular flexibility index (Phi) is 3.61. The van der Waals surface area contributed by atoms with Crippen LogP contribution in [0.15, 0.2) is 12.7 Å². The quantitative estimate of drug-likeness (QED) is 0.598. The average Bonchev–Trinajstić information content (AvgIpc) is 2.49. The Balaban J connectivity index is 0.00000112. The van der Waals surface area contributed by atoms with Crippen molar-refractivity contribution >= 4 is 52.5 Å². The third kappa shape index (κ3) is 2.25. The first-order valence-electron chi connectivity index (χ1n) is 3.81. The molecule has 0 unspecified atom stereocenters. The molecule has 2 aromatic heterocycles. The molecule has 0 aliphatic rings. The molecule has 2 aromatic rings. The van der Waals surface area contributed by atoms with Gasteiger partial charge in [-0.15, -0.1) is 4.73 Å². The van der Waals surface area contributed by atoms with Crippen LogP contribution >= 0.6 is 0 Å². The third-order valence-corrected chi connectivity index (χ3v) is 1.56. The normalized spacial score (nSPS) is 9.67. The van der Waals surface area contributed by atoms with Crippen LogP contribution in [0.1, 0.15) is 6.92 Å². The maximum atomic E-state index is 10.7. The molecular formula is C7H8N5NaO2. The van der Waals surface area contributed by atoms with Crippen LogP contribution in [0, 0.1) is 0 Å². The van der Waals surface area contributed by atoms with Gasteiger partial charge in [0.05, 0.1) is 0 Å². The van der Waals surface area contributed by atoms with Crippen molar-refractivity contribution in [3.63, 3.8) is 0 Å². The molecule has 0 aliphatic heterocycles. The predicted octanol–water partition coefficient (Wildman–Crippen LogP) is -1.26. The summed E-state index contributed by atoms with van der Waals surface area (Å²) in [5, 5.41) is 0. The van der Waals surface area contributed by atoms with Crippen LogP contribution in [0.2, 0.25) is 0 Å². The molecule has 8 heteroatoms. The number of hydrogen-bond acceptors (Lipinski definition) is 6. The molecule has 0 radical (unpaired) electrons. The van der Waals surface area contributed by atoms with Gasteiger partial charge in [0.1, 0.15) is 12.7 Å². The summed E-state index contributed by atoms with van der Waals surface area (Å²) >= 11 is 0. The zero-order valence-electron chi connectivity index (χ0n) is 7.34. The number of anilines is 1. The van der Waals surface area contributed by atoms with E-state index in [-0.39, 0.29) is 35.4 Å². The van der Waals surface area contributed by atoms with E-state index in [9.17, 15) is 4.79 Å². The van der Waals surface area contributed by atoms with Gasteiger partial charge in [-0.1, -0.05) is 0 Å². The molecule has 0 amide bonds. The number of carbonyl (C=O) groups is 1. The zero-order valence-corrected chi connectivity index (χ0v) is 7.34. The van der Waals surface area contributed by atoms with Crippen LogP contribution in [0.3, 0.4) is 0 Å². The Bertz CT molecular complexity index is 497. The number of nitrogens with zero attached hydrogens (tertiary/aromatic N) is 4. The zero-order chi connectivity index (χ0) is 10.1. The minimum absolute atomic E-state index is 0. The monoisotopic (exact) mass is 217 g/mol. The number of aromatic nitrogens is 4. The molecule has 0 spiro atoms. The summed E-state index contributed by atoms with van der Waals surface area (Å²) in [5.74, 6) is -0.206. The molecule has 0 bridgehead atoms. The topological polar surface area (TPSA) is 95.9 Å². The molecule has 0 atom stereocenters. The van der Waals surface area contributed by atoms with E-state index >= 15 is 0 Å². The van der Waals surface area contributed by atoms with Gasteiger partial charge in [0.25, 0.3) is 0 Å². The van der Waals surface area contributed by atoms with E-state index in [1.165, 1.54) is 19.6 Å². The van der Waals surface area contributed by atoms with Crippen molar-refractivity contribution in [1.29, 1.82) is 0 Å². The van der Waals surface area contributed by atoms with Gasteiger partial charge in [0, 0.05) is 6.92 Å². The molecule has 2 heterocycles. The average molecular weight is 217 g/mol. The second-order valence-electron chi connectivity index (χ2n) is 2.58. The number of imidazole rings is 1. The molecule has 0 fully saturated rings. The predicted molar refractivity (Wildman–Crippen MR) is 54.1 cm³/mol. The van der Waals surface area contributed by atoms with E-state index in [1.54, 1.807) is 0 Å². The first kappa shape index (κ1) is 11.9. The van der Waals surface area contributed by atoms with Gasteiger partial charge >= 0.3 is 35.5 Å². The molecule has 0 aliphatic carbocycles. The Morgan fingerprint density at radius 3 is 2.87 bits per heavy atom. The Morgan fingerprint density at radius 1 is 1.47 bits per heavy atom. The van der Waals surface area contributed by atoms with Crippen LogP contribution in [0.25, 0.3) is 11.2 Å². The van der Waals surface area contributed by atoms with Crippen LogP contribution in [-0.2, 0) is 4.79 Å². The molecule has 0 saturated heterocycles. The van der Waals surface area contributed by atoms with Crippen LogP contribution in [0.5, 0.6) is 0 Å². The number of nitrogen functional groups attached to an aromatic ring is 1. The van der Waals surface area contributed by atoms with Crippen molar-refractivity contribution < 1.29 is 9.63 Å². The maximum absolute atomic E-state index is 10.7. The molecule has 2 rings (SSSR count). The van der Waals surface area contributed by atoms with Gasteiger partial charge in [-0.05, 0) is 0 Å². The van der Waals surface area contributed by atoms with Crippen LogP contribution < -0.4 is 10.6 Å². The summed E-state index contributed by atoms with van der Waals surface area (Å²) in [4.78, 5) is 27.0. The fourth-order valence-electron chi connectivity index (χ4n) is 1.04. The van der Waals surface area contributed by atoms with Gasteiger partial charge in [-0.2, -0.15) is 0 Å². The molecule has 2 N–H and O–H groups in total. The van der Waals surface area contributed by atoms with Gasteiger partial charge in [0.2, 0.25) is 5.65 Å². The molecule has 0 saturated carbocycles. The molecular weight excluding hydrogens is 209 g/mol. The summed E-state index contributed by atoms with van der Waals surface area (Å²) in [6.45, 7) is 1.29. The van der Waals surface area contributed by atoms with Gasteiger partial charge in [0.15, 0.2) is 11.3 Å². The summed E-state index contributed by atoms with van der Waals surface area (Å²) in [6.07, 6.45) is 2.59. The summed E-state index contributed by atoms with van der Waals surface area (Å²) in [7, 11) is 0. The third-order valence-electron chi connectivity index (χ3n) is 1.56. The minimum atomic E-state index is -0.457. The van der Waals surface area contributed by atoms with Crippen molar-refractivity contribution in [2.24, 2.45) is 0 Å². The number of rotatable bonds is 1. The fourth-order valence-corrected chi connectivity index (χ4v) is 1.04. The standard InChI is InChI=1S/C7H7N5O2.Na.H/c1-4(13)14-12-3-11-5-6(8)9-2-10-7(5)12;;/h2-3H,1H3,(H2,8,9,10);;. The van der Waals surface area contributed by atoms with Gasteiger partial charge in [-0.25, -0.2) is 19.7 Å². The molecule has 74 valence electrons. The van der Waals surface area contributed by atoms with Crippen molar-refractivity contribution in [3.8, 4) is 0 Å². The first-order valence-corrected chi connectivity index (χ1v) is 3.81. The summed E-state index contributed by atoms with van der Waals surface area (Å²) in [6, 6.07) is 0. The SMILES string of the molecule is CC(=O)On1cnc2c(N)ncnc21.[NaH]. The number of nitrogens with two attached hydrogens (primary N) is 1. The van der Waals surface area contributed by atoms with Crippen LogP contribution in [0.4, 0.5) is 5.82 Å². The van der Waals surface area contributed by atoms with Gasteiger partial charge in [-0.3, -0.25) is 0 Å². The second kappa shape index (κ2) is 4.56.